The Bertz CT molecular complexity index is 635. The van der Waals surface area contributed by atoms with Gasteiger partial charge in [0, 0.05) is 24.2 Å². The van der Waals surface area contributed by atoms with E-state index in [0.29, 0.717) is 11.8 Å². The Morgan fingerprint density at radius 2 is 2.10 bits per heavy atom. The minimum absolute atomic E-state index is 0.0168. The quantitative estimate of drug-likeness (QED) is 0.882. The summed E-state index contributed by atoms with van der Waals surface area (Å²) in [6, 6.07) is 5.78. The molecule has 5 heteroatoms. The monoisotopic (exact) mass is 293 g/mol. The van der Waals surface area contributed by atoms with Crippen LogP contribution in [0.3, 0.4) is 0 Å². The van der Waals surface area contributed by atoms with Crippen molar-refractivity contribution in [1.82, 2.24) is 5.32 Å². The Morgan fingerprint density at radius 3 is 2.81 bits per heavy atom. The third-order valence-corrected chi connectivity index (χ3v) is 3.49. The second-order valence-electron chi connectivity index (χ2n) is 5.31. The van der Waals surface area contributed by atoms with Gasteiger partial charge < -0.3 is 14.5 Å². The van der Waals surface area contributed by atoms with Gasteiger partial charge in [-0.05, 0) is 38.0 Å². The summed E-state index contributed by atoms with van der Waals surface area (Å²) in [7, 11) is 0. The Hall–Kier alpha value is -1.88. The van der Waals surface area contributed by atoms with Crippen LogP contribution in [0.2, 0.25) is 0 Å². The molecule has 0 bridgehead atoms. The molecule has 1 aromatic carbocycles. The molecule has 1 aliphatic rings. The van der Waals surface area contributed by atoms with Crippen LogP contribution in [0.25, 0.3) is 0 Å². The lowest BCUT2D eigenvalue weighted by Crippen LogP contribution is -2.15. The fraction of sp³-hybridized carbons (Fsp3) is 0.375. The Labute approximate surface area is 121 Å². The van der Waals surface area contributed by atoms with Crippen molar-refractivity contribution < 1.29 is 17.9 Å². The molecule has 1 aliphatic carbocycles. The molecule has 0 spiro atoms. The van der Waals surface area contributed by atoms with Crippen molar-refractivity contribution in [3.05, 3.63) is 53.0 Å². The number of furan rings is 1. The van der Waals surface area contributed by atoms with Gasteiger partial charge in [-0.15, -0.1) is 0 Å². The molecule has 0 amide bonds. The van der Waals surface area contributed by atoms with E-state index in [2.05, 4.69) is 5.32 Å². The molecule has 3 nitrogen and oxygen atoms in total. The lowest BCUT2D eigenvalue weighted by molar-refractivity contribution is 0.255. The maximum absolute atomic E-state index is 13.4. The SMILES string of the molecule is Cc1oc(COc2ccc(F)cc2F)cc1CNC1CC1. The van der Waals surface area contributed by atoms with Crippen LogP contribution in [-0.4, -0.2) is 6.04 Å². The summed E-state index contributed by atoms with van der Waals surface area (Å²) in [5, 5.41) is 3.41. The molecule has 3 rings (SSSR count). The summed E-state index contributed by atoms with van der Waals surface area (Å²) in [5.74, 6) is 0.143. The van der Waals surface area contributed by atoms with Crippen LogP contribution in [0.1, 0.15) is 29.9 Å². The molecule has 1 aromatic heterocycles. The van der Waals surface area contributed by atoms with Crippen LogP contribution in [0.15, 0.2) is 28.7 Å². The van der Waals surface area contributed by atoms with Gasteiger partial charge in [0.25, 0.3) is 0 Å². The van der Waals surface area contributed by atoms with Crippen molar-refractivity contribution in [3.63, 3.8) is 0 Å². The molecule has 2 aromatic rings. The molecule has 21 heavy (non-hydrogen) atoms. The number of rotatable bonds is 6. The topological polar surface area (TPSA) is 34.4 Å². The summed E-state index contributed by atoms with van der Waals surface area (Å²) in [5.41, 5.74) is 1.08. The molecule has 1 fully saturated rings. The third kappa shape index (κ3) is 3.61. The first-order valence-electron chi connectivity index (χ1n) is 7.01. The molecule has 0 atom stereocenters. The largest absolute Gasteiger partial charge is 0.483 e. The van der Waals surface area contributed by atoms with E-state index in [0.717, 1.165) is 30.0 Å². The van der Waals surface area contributed by atoms with E-state index in [1.54, 1.807) is 0 Å². The number of ether oxygens (including phenoxy) is 1. The zero-order chi connectivity index (χ0) is 14.8. The average Bonchev–Trinajstić information content (AvgIpc) is 3.20. The highest BCUT2D eigenvalue weighted by Crippen LogP contribution is 2.23. The summed E-state index contributed by atoms with van der Waals surface area (Å²) < 4.78 is 37.2. The number of hydrogen-bond donors (Lipinski definition) is 1. The molecule has 1 saturated carbocycles. The summed E-state index contributed by atoms with van der Waals surface area (Å²) in [6.07, 6.45) is 2.47. The van der Waals surface area contributed by atoms with Gasteiger partial charge >= 0.3 is 0 Å². The highest BCUT2D eigenvalue weighted by molar-refractivity contribution is 5.25. The molecule has 0 unspecified atom stereocenters. The lowest BCUT2D eigenvalue weighted by Gasteiger charge is -2.05. The lowest BCUT2D eigenvalue weighted by atomic mass is 10.2. The molecular formula is C16H17F2NO2. The number of halogens is 2. The first-order valence-corrected chi connectivity index (χ1v) is 7.01. The highest BCUT2D eigenvalue weighted by Gasteiger charge is 2.21. The normalized spacial score (nSPS) is 14.4. The second kappa shape index (κ2) is 5.85. The van der Waals surface area contributed by atoms with Crippen LogP contribution in [0, 0.1) is 18.6 Å². The molecule has 0 aliphatic heterocycles. The Morgan fingerprint density at radius 1 is 1.29 bits per heavy atom. The zero-order valence-corrected chi connectivity index (χ0v) is 11.8. The number of nitrogens with one attached hydrogen (secondary N) is 1. The Kier molecular flexibility index (Phi) is 3.92. The van der Waals surface area contributed by atoms with Gasteiger partial charge in [0.1, 0.15) is 23.9 Å². The van der Waals surface area contributed by atoms with E-state index >= 15 is 0 Å². The van der Waals surface area contributed by atoms with Gasteiger partial charge in [0.05, 0.1) is 0 Å². The van der Waals surface area contributed by atoms with Gasteiger partial charge in [-0.1, -0.05) is 0 Å². The van der Waals surface area contributed by atoms with Crippen molar-refractivity contribution in [3.8, 4) is 5.75 Å². The summed E-state index contributed by atoms with van der Waals surface area (Å²) >= 11 is 0. The second-order valence-corrected chi connectivity index (χ2v) is 5.31. The van der Waals surface area contributed by atoms with Crippen LogP contribution < -0.4 is 10.1 Å². The van der Waals surface area contributed by atoms with Crippen molar-refractivity contribution in [2.24, 2.45) is 0 Å². The summed E-state index contributed by atoms with van der Waals surface area (Å²) in [4.78, 5) is 0. The number of benzene rings is 1. The van der Waals surface area contributed by atoms with E-state index in [-0.39, 0.29) is 12.4 Å². The third-order valence-electron chi connectivity index (χ3n) is 3.49. The molecule has 112 valence electrons. The fourth-order valence-electron chi connectivity index (χ4n) is 2.12. The first-order chi connectivity index (χ1) is 10.1. The minimum Gasteiger partial charge on any atom is -0.483 e. The molecule has 0 saturated heterocycles. The summed E-state index contributed by atoms with van der Waals surface area (Å²) in [6.45, 7) is 2.78. The van der Waals surface area contributed by atoms with Crippen molar-refractivity contribution in [1.29, 1.82) is 0 Å². The van der Waals surface area contributed by atoms with Crippen molar-refractivity contribution in [2.75, 3.05) is 0 Å². The number of aryl methyl sites for hydroxylation is 1. The standard InChI is InChI=1S/C16H17F2NO2/c1-10-11(8-19-13-3-4-13)6-14(21-10)9-20-16-5-2-12(17)7-15(16)18/h2,5-7,13,19H,3-4,8-9H2,1H3. The van der Waals surface area contributed by atoms with Gasteiger partial charge in [0.2, 0.25) is 0 Å². The highest BCUT2D eigenvalue weighted by atomic mass is 19.1. The maximum atomic E-state index is 13.4. The smallest absolute Gasteiger partial charge is 0.167 e. The van der Waals surface area contributed by atoms with Crippen LogP contribution in [-0.2, 0) is 13.2 Å². The van der Waals surface area contributed by atoms with Gasteiger partial charge in [-0.2, -0.15) is 0 Å². The van der Waals surface area contributed by atoms with Gasteiger partial charge in [0.15, 0.2) is 11.6 Å². The first kappa shape index (κ1) is 14.1. The molecular weight excluding hydrogens is 276 g/mol. The van der Waals surface area contributed by atoms with Gasteiger partial charge in [-0.25, -0.2) is 8.78 Å². The van der Waals surface area contributed by atoms with Crippen molar-refractivity contribution in [2.45, 2.75) is 39.0 Å². The zero-order valence-electron chi connectivity index (χ0n) is 11.8. The maximum Gasteiger partial charge on any atom is 0.167 e. The van der Waals surface area contributed by atoms with E-state index in [4.69, 9.17) is 9.15 Å². The molecule has 0 radical (unpaired) electrons. The van der Waals surface area contributed by atoms with E-state index in [1.165, 1.54) is 18.9 Å². The van der Waals surface area contributed by atoms with E-state index < -0.39 is 11.6 Å². The predicted molar refractivity (Wildman–Crippen MR) is 74.0 cm³/mol. The fourth-order valence-corrected chi connectivity index (χ4v) is 2.12. The molecule has 1 heterocycles. The van der Waals surface area contributed by atoms with E-state index in [9.17, 15) is 8.78 Å². The number of hydrogen-bond acceptors (Lipinski definition) is 3. The van der Waals surface area contributed by atoms with Crippen LogP contribution >= 0.6 is 0 Å². The van der Waals surface area contributed by atoms with E-state index in [1.807, 2.05) is 13.0 Å². The Balaban J connectivity index is 1.60. The van der Waals surface area contributed by atoms with Crippen LogP contribution in [0.4, 0.5) is 8.78 Å². The predicted octanol–water partition coefficient (Wildman–Crippen LogP) is 3.70. The van der Waals surface area contributed by atoms with Crippen molar-refractivity contribution >= 4 is 0 Å². The average molecular weight is 293 g/mol. The van der Waals surface area contributed by atoms with Crippen LogP contribution in [0.5, 0.6) is 5.75 Å². The minimum atomic E-state index is -0.714. The molecule has 1 N–H and O–H groups in total. The van der Waals surface area contributed by atoms with Gasteiger partial charge in [-0.3, -0.25) is 0 Å².